The van der Waals surface area contributed by atoms with E-state index < -0.39 is 0 Å². The van der Waals surface area contributed by atoms with Gasteiger partial charge in [0.2, 0.25) is 0 Å². The summed E-state index contributed by atoms with van der Waals surface area (Å²) in [7, 11) is 1.98. The zero-order valence-corrected chi connectivity index (χ0v) is 14.7. The monoisotopic (exact) mass is 334 g/mol. The van der Waals surface area contributed by atoms with Crippen LogP contribution < -0.4 is 10.6 Å². The van der Waals surface area contributed by atoms with Crippen LogP contribution in [-0.2, 0) is 0 Å². The Kier molecular flexibility index (Phi) is 4.79. The first-order valence-corrected chi connectivity index (χ1v) is 9.26. The molecular formula is C21H26N4. The fourth-order valence-corrected chi connectivity index (χ4v) is 3.77. The van der Waals surface area contributed by atoms with Gasteiger partial charge in [-0.25, -0.2) is 0 Å². The molecule has 4 atom stereocenters. The van der Waals surface area contributed by atoms with E-state index in [1.54, 1.807) is 0 Å². The average Bonchev–Trinajstić information content (AvgIpc) is 3.33. The van der Waals surface area contributed by atoms with Gasteiger partial charge in [-0.05, 0) is 24.6 Å². The molecule has 0 spiro atoms. The minimum absolute atomic E-state index is 0.253. The highest BCUT2D eigenvalue weighted by Crippen LogP contribution is 2.20. The van der Waals surface area contributed by atoms with Crippen LogP contribution in [0.15, 0.2) is 70.4 Å². The molecule has 2 N–H and O–H groups in total. The summed E-state index contributed by atoms with van der Waals surface area (Å²) in [5.74, 6) is 0. The SMILES string of the molecule is CN/C1=C\C=C\CC2C=CC(=N2)CC2C=CC(CC3=NC(C=C3)C1)N2. The number of hydrogen-bond donors (Lipinski definition) is 2. The summed E-state index contributed by atoms with van der Waals surface area (Å²) in [4.78, 5) is 9.72. The maximum Gasteiger partial charge on any atom is 0.0741 e. The summed E-state index contributed by atoms with van der Waals surface area (Å²) in [6, 6.07) is 1.31. The van der Waals surface area contributed by atoms with Gasteiger partial charge in [-0.15, -0.1) is 0 Å². The van der Waals surface area contributed by atoms with E-state index in [2.05, 4.69) is 65.3 Å². The van der Waals surface area contributed by atoms with Crippen LogP contribution in [0, 0.1) is 0 Å². The number of rotatable bonds is 1. The van der Waals surface area contributed by atoms with E-state index in [4.69, 9.17) is 9.98 Å². The van der Waals surface area contributed by atoms with E-state index in [9.17, 15) is 0 Å². The fourth-order valence-electron chi connectivity index (χ4n) is 3.77. The Bertz CT molecular complexity index is 720. The molecule has 4 unspecified atom stereocenters. The van der Waals surface area contributed by atoms with Crippen molar-refractivity contribution in [3.8, 4) is 0 Å². The molecule has 4 heteroatoms. The van der Waals surface area contributed by atoms with Gasteiger partial charge < -0.3 is 10.6 Å². The zero-order valence-electron chi connectivity index (χ0n) is 14.7. The molecule has 4 aliphatic rings. The van der Waals surface area contributed by atoms with Gasteiger partial charge in [0.05, 0.1) is 12.1 Å². The van der Waals surface area contributed by atoms with Gasteiger partial charge >= 0.3 is 0 Å². The van der Waals surface area contributed by atoms with Gasteiger partial charge in [0.25, 0.3) is 0 Å². The van der Waals surface area contributed by atoms with E-state index in [1.807, 2.05) is 7.05 Å². The van der Waals surface area contributed by atoms with Crippen molar-refractivity contribution in [3.05, 3.63) is 60.4 Å². The number of nitrogens with zero attached hydrogens (tertiary/aromatic N) is 2. The summed E-state index contributed by atoms with van der Waals surface area (Å²) in [6.07, 6.45) is 23.7. The maximum absolute atomic E-state index is 4.88. The van der Waals surface area contributed by atoms with Crippen molar-refractivity contribution in [3.63, 3.8) is 0 Å². The van der Waals surface area contributed by atoms with Crippen LogP contribution in [0.3, 0.4) is 0 Å². The molecule has 0 saturated heterocycles. The quantitative estimate of drug-likeness (QED) is 0.725. The van der Waals surface area contributed by atoms with E-state index in [0.717, 1.165) is 25.7 Å². The summed E-state index contributed by atoms with van der Waals surface area (Å²) in [6.45, 7) is 0. The number of fused-ring (bicyclic) bond motifs is 4. The maximum atomic E-state index is 4.88. The first-order valence-electron chi connectivity index (χ1n) is 9.26. The second-order valence-electron chi connectivity index (χ2n) is 7.08. The Balaban J connectivity index is 1.53. The van der Waals surface area contributed by atoms with E-state index in [1.165, 1.54) is 17.1 Å². The highest BCUT2D eigenvalue weighted by molar-refractivity contribution is 5.98. The van der Waals surface area contributed by atoms with Gasteiger partial charge in [-0.1, -0.05) is 36.5 Å². The first kappa shape index (κ1) is 16.3. The summed E-state index contributed by atoms with van der Waals surface area (Å²) >= 11 is 0. The van der Waals surface area contributed by atoms with Crippen molar-refractivity contribution >= 4 is 11.4 Å². The third-order valence-electron chi connectivity index (χ3n) is 5.11. The Hall–Kier alpha value is -2.20. The molecule has 0 amide bonds. The smallest absolute Gasteiger partial charge is 0.0741 e. The van der Waals surface area contributed by atoms with Crippen LogP contribution in [0.4, 0.5) is 0 Å². The molecular weight excluding hydrogens is 308 g/mol. The third kappa shape index (κ3) is 4.07. The van der Waals surface area contributed by atoms with Gasteiger partial charge in [-0.2, -0.15) is 0 Å². The number of allylic oxidation sites excluding steroid dienone is 4. The van der Waals surface area contributed by atoms with Gasteiger partial charge in [-0.3, -0.25) is 9.98 Å². The van der Waals surface area contributed by atoms with Crippen LogP contribution in [-0.4, -0.2) is 42.6 Å². The van der Waals surface area contributed by atoms with Crippen LogP contribution in [0.5, 0.6) is 0 Å². The van der Waals surface area contributed by atoms with E-state index in [-0.39, 0.29) is 6.04 Å². The second kappa shape index (κ2) is 7.36. The Morgan fingerprint density at radius 1 is 0.920 bits per heavy atom. The lowest BCUT2D eigenvalue weighted by atomic mass is 10.1. The van der Waals surface area contributed by atoms with Crippen LogP contribution in [0.2, 0.25) is 0 Å². The van der Waals surface area contributed by atoms with Crippen molar-refractivity contribution < 1.29 is 0 Å². The fraction of sp³-hybridized carbons (Fsp3) is 0.429. The predicted octanol–water partition coefficient (Wildman–Crippen LogP) is 2.88. The average molecular weight is 334 g/mol. The Morgan fingerprint density at radius 2 is 1.60 bits per heavy atom. The minimum atomic E-state index is 0.253. The number of hydrogen-bond acceptors (Lipinski definition) is 4. The van der Waals surface area contributed by atoms with Gasteiger partial charge in [0.15, 0.2) is 0 Å². The number of nitrogens with one attached hydrogen (secondary N) is 2. The molecule has 0 radical (unpaired) electrons. The lowest BCUT2D eigenvalue weighted by Crippen LogP contribution is -2.33. The molecule has 25 heavy (non-hydrogen) atoms. The van der Waals surface area contributed by atoms with E-state index >= 15 is 0 Å². The molecule has 0 saturated carbocycles. The molecule has 6 bridgehead atoms. The molecule has 0 aromatic rings. The van der Waals surface area contributed by atoms with Crippen molar-refractivity contribution in [1.29, 1.82) is 0 Å². The lowest BCUT2D eigenvalue weighted by molar-refractivity contribution is 0.587. The van der Waals surface area contributed by atoms with Crippen LogP contribution >= 0.6 is 0 Å². The Labute approximate surface area is 149 Å². The lowest BCUT2D eigenvalue weighted by Gasteiger charge is -2.14. The van der Waals surface area contributed by atoms with Crippen molar-refractivity contribution in [1.82, 2.24) is 10.6 Å². The summed E-state index contributed by atoms with van der Waals surface area (Å²) < 4.78 is 0. The molecule has 0 aromatic heterocycles. The van der Waals surface area contributed by atoms with Crippen molar-refractivity contribution in [2.45, 2.75) is 49.9 Å². The summed E-state index contributed by atoms with van der Waals surface area (Å²) in [5, 5.41) is 6.99. The van der Waals surface area contributed by atoms with Crippen molar-refractivity contribution in [2.75, 3.05) is 7.05 Å². The molecule has 4 nitrogen and oxygen atoms in total. The zero-order chi connectivity index (χ0) is 17.1. The highest BCUT2D eigenvalue weighted by atomic mass is 15.0. The van der Waals surface area contributed by atoms with Gasteiger partial charge in [0, 0.05) is 55.5 Å². The topological polar surface area (TPSA) is 48.8 Å². The molecule has 4 aliphatic heterocycles. The van der Waals surface area contributed by atoms with Crippen molar-refractivity contribution in [2.24, 2.45) is 9.98 Å². The van der Waals surface area contributed by atoms with Crippen LogP contribution in [0.1, 0.15) is 25.7 Å². The Morgan fingerprint density at radius 3 is 2.32 bits per heavy atom. The molecule has 0 aliphatic carbocycles. The normalized spacial score (nSPS) is 37.2. The predicted molar refractivity (Wildman–Crippen MR) is 105 cm³/mol. The molecule has 0 fully saturated rings. The molecule has 0 aromatic carbocycles. The first-order chi connectivity index (χ1) is 12.3. The summed E-state index contributed by atoms with van der Waals surface area (Å²) in [5.41, 5.74) is 3.61. The molecule has 4 heterocycles. The highest BCUT2D eigenvalue weighted by Gasteiger charge is 2.22. The standard InChI is InChI=1S/C21H26N4/c1-22-16-5-3-2-4-15-6-7-18(23-15)13-19-10-11-21(25-19)14-20-9-8-17(12-16)24-20/h2-3,5-11,15,17,19,21-22,25H,4,12-14H2,1H3/b3-2+,16-5-. The third-order valence-corrected chi connectivity index (χ3v) is 5.11. The minimum Gasteiger partial charge on any atom is -0.391 e. The molecule has 4 rings (SSSR count). The number of aliphatic imine (C=N–C) groups is 2. The van der Waals surface area contributed by atoms with E-state index in [0.29, 0.717) is 18.1 Å². The largest absolute Gasteiger partial charge is 0.391 e. The van der Waals surface area contributed by atoms with Crippen LogP contribution in [0.25, 0.3) is 0 Å². The molecule has 130 valence electrons. The van der Waals surface area contributed by atoms with Gasteiger partial charge in [0.1, 0.15) is 0 Å². The second-order valence-corrected chi connectivity index (χ2v) is 7.08.